The van der Waals surface area contributed by atoms with Crippen molar-refractivity contribution in [2.24, 2.45) is 11.8 Å². The van der Waals surface area contributed by atoms with E-state index in [1.165, 1.54) is 0 Å². The average Bonchev–Trinajstić information content (AvgIpc) is 2.67. The van der Waals surface area contributed by atoms with Gasteiger partial charge >= 0.3 is 0 Å². The number of fused-ring (bicyclic) bond motifs is 6. The summed E-state index contributed by atoms with van der Waals surface area (Å²) in [5, 5.41) is 0. The molecule has 0 radical (unpaired) electrons. The third-order valence-electron chi connectivity index (χ3n) is 6.61. The van der Waals surface area contributed by atoms with Crippen molar-refractivity contribution in [2.75, 3.05) is 26.2 Å². The van der Waals surface area contributed by atoms with Crippen LogP contribution >= 0.6 is 0 Å². The lowest BCUT2D eigenvalue weighted by molar-refractivity contribution is -0.137. The van der Waals surface area contributed by atoms with Gasteiger partial charge in [0.25, 0.3) is 0 Å². The number of piperidine rings is 6. The van der Waals surface area contributed by atoms with Crippen LogP contribution in [0.5, 0.6) is 0 Å². The van der Waals surface area contributed by atoms with E-state index < -0.39 is 0 Å². The molecule has 130 valence electrons. The summed E-state index contributed by atoms with van der Waals surface area (Å²) in [6.07, 6.45) is 6.06. The Morgan fingerprint density at radius 3 is 2.24 bits per heavy atom. The van der Waals surface area contributed by atoms with Crippen LogP contribution in [0.15, 0.2) is 30.0 Å². The highest BCUT2D eigenvalue weighted by atomic mass is 16.1. The number of nitrogens with zero attached hydrogens (tertiary/aromatic N) is 2. The van der Waals surface area contributed by atoms with Crippen LogP contribution in [0.2, 0.25) is 0 Å². The maximum Gasteiger partial charge on any atom is 0.182 e. The van der Waals surface area contributed by atoms with Gasteiger partial charge in [0.05, 0.1) is 11.7 Å². The summed E-state index contributed by atoms with van der Waals surface area (Å²) >= 11 is 0. The summed E-state index contributed by atoms with van der Waals surface area (Å²) in [6.45, 7) is 4.00. The number of allylic oxidation sites excluding steroid dienone is 1. The van der Waals surface area contributed by atoms with Crippen molar-refractivity contribution in [2.45, 2.75) is 31.7 Å². The van der Waals surface area contributed by atoms with Crippen LogP contribution in [0.1, 0.15) is 42.9 Å². The van der Waals surface area contributed by atoms with Gasteiger partial charge in [-0.2, -0.15) is 0 Å². The molecule has 25 heavy (non-hydrogen) atoms. The van der Waals surface area contributed by atoms with Crippen molar-refractivity contribution in [1.29, 1.82) is 0 Å². The molecule has 1 aromatic rings. The molecular weight excluding hydrogens is 312 g/mol. The maximum atomic E-state index is 12.9. The quantitative estimate of drug-likeness (QED) is 0.779. The smallest absolute Gasteiger partial charge is 0.182 e. The molecule has 4 heteroatoms. The van der Waals surface area contributed by atoms with E-state index in [4.69, 9.17) is 0 Å². The average molecular weight is 336 g/mol. The zero-order chi connectivity index (χ0) is 17.0. The number of ketones is 2. The molecule has 7 rings (SSSR count). The van der Waals surface area contributed by atoms with Crippen molar-refractivity contribution in [1.82, 2.24) is 9.80 Å². The van der Waals surface area contributed by atoms with Crippen LogP contribution in [0.25, 0.3) is 6.08 Å². The molecule has 4 nitrogen and oxygen atoms in total. The highest BCUT2D eigenvalue weighted by molar-refractivity contribution is 6.02. The summed E-state index contributed by atoms with van der Waals surface area (Å²) in [4.78, 5) is 30.1. The van der Waals surface area contributed by atoms with Crippen LogP contribution < -0.4 is 0 Å². The van der Waals surface area contributed by atoms with E-state index in [0.717, 1.165) is 68.7 Å². The summed E-state index contributed by atoms with van der Waals surface area (Å²) < 4.78 is 0. The summed E-state index contributed by atoms with van der Waals surface area (Å²) in [5.41, 5.74) is 2.99. The molecule has 6 heterocycles. The van der Waals surface area contributed by atoms with E-state index in [-0.39, 0.29) is 17.9 Å². The fourth-order valence-electron chi connectivity index (χ4n) is 5.14. The molecule has 1 unspecified atom stereocenters. The van der Waals surface area contributed by atoms with Gasteiger partial charge in [-0.25, -0.2) is 0 Å². The molecule has 6 saturated heterocycles. The molecule has 6 aliphatic rings. The lowest BCUT2D eigenvalue weighted by Crippen LogP contribution is -2.50. The molecule has 6 aliphatic heterocycles. The normalized spacial score (nSPS) is 33.5. The lowest BCUT2D eigenvalue weighted by atomic mass is 9.78. The number of Topliss-reactive ketones (excluding diaryl/α,β-unsaturated/α-hetero) is 2. The number of carbonyl (C=O) groups excluding carboxylic acids is 2. The first kappa shape index (κ1) is 15.3. The zero-order valence-electron chi connectivity index (χ0n) is 14.5. The summed E-state index contributed by atoms with van der Waals surface area (Å²) in [5.74, 6) is 1.11. The van der Waals surface area contributed by atoms with Gasteiger partial charge in [0.1, 0.15) is 0 Å². The number of rotatable bonds is 2. The van der Waals surface area contributed by atoms with Gasteiger partial charge in [0, 0.05) is 24.9 Å². The molecular formula is C21H24N2O2. The van der Waals surface area contributed by atoms with Crippen molar-refractivity contribution in [3.8, 4) is 0 Å². The van der Waals surface area contributed by atoms with Crippen LogP contribution in [-0.4, -0.2) is 47.5 Å². The van der Waals surface area contributed by atoms with Gasteiger partial charge in [-0.05, 0) is 56.0 Å². The predicted molar refractivity (Wildman–Crippen MR) is 95.8 cm³/mol. The number of hydrogen-bond acceptors (Lipinski definition) is 4. The monoisotopic (exact) mass is 336 g/mol. The Labute approximate surface area is 148 Å². The minimum absolute atomic E-state index is 0.119. The van der Waals surface area contributed by atoms with E-state index in [9.17, 15) is 9.59 Å². The van der Waals surface area contributed by atoms with Crippen molar-refractivity contribution >= 4 is 17.6 Å². The molecule has 1 atom stereocenters. The predicted octanol–water partition coefficient (Wildman–Crippen LogP) is 2.66. The van der Waals surface area contributed by atoms with Gasteiger partial charge in [0.15, 0.2) is 11.6 Å². The first-order chi connectivity index (χ1) is 12.2. The minimum atomic E-state index is -0.119. The molecule has 0 amide bonds. The molecule has 0 aromatic heterocycles. The van der Waals surface area contributed by atoms with Gasteiger partial charge in [-0.1, -0.05) is 24.3 Å². The standard InChI is InChI=1S/C21H24N2O2/c24-20-14-5-9-22(10-6-14)18(20)13-16-3-1-2-4-17(16)19-21(25)15-7-11-23(19)12-8-15/h1-4,13-15,19H,5-12H2/b18-13+. The third kappa shape index (κ3) is 2.38. The Kier molecular flexibility index (Phi) is 3.56. The highest BCUT2D eigenvalue weighted by Gasteiger charge is 2.42. The molecule has 6 fully saturated rings. The second kappa shape index (κ2) is 5.80. The first-order valence-corrected chi connectivity index (χ1v) is 9.60. The Morgan fingerprint density at radius 1 is 0.880 bits per heavy atom. The molecule has 4 bridgehead atoms. The van der Waals surface area contributed by atoms with E-state index in [0.29, 0.717) is 11.6 Å². The Hall–Kier alpha value is -1.94. The number of benzene rings is 1. The first-order valence-electron chi connectivity index (χ1n) is 9.60. The van der Waals surface area contributed by atoms with Crippen LogP contribution in [0, 0.1) is 11.8 Å². The molecule has 0 saturated carbocycles. The van der Waals surface area contributed by atoms with E-state index >= 15 is 0 Å². The van der Waals surface area contributed by atoms with Crippen LogP contribution in [-0.2, 0) is 9.59 Å². The van der Waals surface area contributed by atoms with Gasteiger partial charge in [-0.3, -0.25) is 14.5 Å². The SMILES string of the molecule is O=C1/C(=C\c2ccccc2C2C(=O)C3CCN2CC3)N2CCC1CC2. The maximum absolute atomic E-state index is 12.9. The summed E-state index contributed by atoms with van der Waals surface area (Å²) in [6, 6.07) is 8.05. The zero-order valence-corrected chi connectivity index (χ0v) is 14.5. The number of carbonyl (C=O) groups is 2. The third-order valence-corrected chi connectivity index (χ3v) is 6.61. The second-order valence-electron chi connectivity index (χ2n) is 7.90. The van der Waals surface area contributed by atoms with E-state index in [1.54, 1.807) is 0 Å². The Balaban J connectivity index is 1.55. The molecule has 0 aliphatic carbocycles. The second-order valence-corrected chi connectivity index (χ2v) is 7.90. The van der Waals surface area contributed by atoms with E-state index in [2.05, 4.69) is 28.0 Å². The van der Waals surface area contributed by atoms with Crippen molar-refractivity contribution < 1.29 is 9.59 Å². The van der Waals surface area contributed by atoms with Crippen molar-refractivity contribution in [3.63, 3.8) is 0 Å². The molecule has 1 aromatic carbocycles. The molecule has 0 spiro atoms. The molecule has 0 N–H and O–H groups in total. The van der Waals surface area contributed by atoms with Gasteiger partial charge in [0.2, 0.25) is 0 Å². The van der Waals surface area contributed by atoms with Crippen LogP contribution in [0.4, 0.5) is 0 Å². The fourth-order valence-corrected chi connectivity index (χ4v) is 5.14. The highest BCUT2D eigenvalue weighted by Crippen LogP contribution is 2.40. The fraction of sp³-hybridized carbons (Fsp3) is 0.524. The largest absolute Gasteiger partial charge is 0.369 e. The van der Waals surface area contributed by atoms with Gasteiger partial charge < -0.3 is 4.90 Å². The van der Waals surface area contributed by atoms with E-state index in [1.807, 2.05) is 12.1 Å². The topological polar surface area (TPSA) is 40.6 Å². The minimum Gasteiger partial charge on any atom is -0.369 e. The van der Waals surface area contributed by atoms with Gasteiger partial charge in [-0.15, -0.1) is 0 Å². The Bertz CT molecular complexity index is 753. The Morgan fingerprint density at radius 2 is 1.56 bits per heavy atom. The lowest BCUT2D eigenvalue weighted by Gasteiger charge is -2.44. The number of hydrogen-bond donors (Lipinski definition) is 0. The summed E-state index contributed by atoms with van der Waals surface area (Å²) in [7, 11) is 0. The van der Waals surface area contributed by atoms with Crippen molar-refractivity contribution in [3.05, 3.63) is 41.1 Å². The van der Waals surface area contributed by atoms with Crippen LogP contribution in [0.3, 0.4) is 0 Å².